The molecule has 0 fully saturated rings. The van der Waals surface area contributed by atoms with E-state index in [1.54, 1.807) is 48.7 Å². The van der Waals surface area contributed by atoms with Gasteiger partial charge >= 0.3 is 0 Å². The van der Waals surface area contributed by atoms with E-state index in [1.807, 2.05) is 0 Å². The predicted octanol–water partition coefficient (Wildman–Crippen LogP) is 3.35. The standard InChI is InChI=1S/C19H17N3O3S3/c1-26-19-16(10-15(27-19)17(20)21)28(24,25)14-7-3-5-12(9-14)11-4-2-6-13(8-11)18(22)23/h2-10H,1H3,(H3,20,21)(H2,22,23). The van der Waals surface area contributed by atoms with Gasteiger partial charge in [-0.1, -0.05) is 24.3 Å². The zero-order chi connectivity index (χ0) is 20.5. The summed E-state index contributed by atoms with van der Waals surface area (Å²) in [5.74, 6) is -0.718. The Morgan fingerprint density at radius 3 is 2.29 bits per heavy atom. The van der Waals surface area contributed by atoms with E-state index in [4.69, 9.17) is 16.9 Å². The Morgan fingerprint density at radius 1 is 1.04 bits per heavy atom. The molecular weight excluding hydrogens is 414 g/mol. The number of hydrogen-bond donors (Lipinski definition) is 3. The van der Waals surface area contributed by atoms with Gasteiger partial charge < -0.3 is 11.5 Å². The van der Waals surface area contributed by atoms with Gasteiger partial charge in [0.2, 0.25) is 15.7 Å². The predicted molar refractivity (Wildman–Crippen MR) is 113 cm³/mol. The normalized spacial score (nSPS) is 11.3. The molecule has 28 heavy (non-hydrogen) atoms. The third kappa shape index (κ3) is 3.82. The molecule has 0 bridgehead atoms. The lowest BCUT2D eigenvalue weighted by Gasteiger charge is -2.08. The molecule has 9 heteroatoms. The quantitative estimate of drug-likeness (QED) is 0.313. The van der Waals surface area contributed by atoms with Crippen molar-refractivity contribution >= 4 is 44.7 Å². The molecule has 3 aromatic rings. The molecular formula is C19H17N3O3S3. The average Bonchev–Trinajstić information content (AvgIpc) is 3.14. The first-order valence-electron chi connectivity index (χ1n) is 8.01. The van der Waals surface area contributed by atoms with Crippen molar-refractivity contribution in [1.29, 1.82) is 5.41 Å². The van der Waals surface area contributed by atoms with Crippen LogP contribution in [0.2, 0.25) is 0 Å². The Balaban J connectivity index is 2.10. The highest BCUT2D eigenvalue weighted by Gasteiger charge is 2.25. The first-order chi connectivity index (χ1) is 13.2. The number of thiophene rings is 1. The summed E-state index contributed by atoms with van der Waals surface area (Å²) >= 11 is 2.47. The summed E-state index contributed by atoms with van der Waals surface area (Å²) in [5, 5.41) is 7.58. The van der Waals surface area contributed by atoms with Crippen molar-refractivity contribution in [3.05, 3.63) is 65.0 Å². The number of amidine groups is 1. The van der Waals surface area contributed by atoms with E-state index in [0.29, 0.717) is 25.8 Å². The lowest BCUT2D eigenvalue weighted by atomic mass is 10.0. The summed E-state index contributed by atoms with van der Waals surface area (Å²) in [6.45, 7) is 0. The number of carbonyl (C=O) groups is 1. The van der Waals surface area contributed by atoms with Gasteiger partial charge in [0.25, 0.3) is 0 Å². The highest BCUT2D eigenvalue weighted by molar-refractivity contribution is 8.01. The van der Waals surface area contributed by atoms with Crippen LogP contribution in [0.15, 0.2) is 68.6 Å². The molecule has 0 saturated heterocycles. The number of hydrogen-bond acceptors (Lipinski definition) is 6. The van der Waals surface area contributed by atoms with E-state index in [9.17, 15) is 13.2 Å². The van der Waals surface area contributed by atoms with Crippen LogP contribution in [0.25, 0.3) is 11.1 Å². The Kier molecular flexibility index (Phi) is 5.59. The molecule has 1 heterocycles. The third-order valence-electron chi connectivity index (χ3n) is 4.03. The molecule has 0 spiro atoms. The summed E-state index contributed by atoms with van der Waals surface area (Å²) in [4.78, 5) is 12.1. The van der Waals surface area contributed by atoms with E-state index in [1.165, 1.54) is 35.2 Å². The molecule has 6 nitrogen and oxygen atoms in total. The highest BCUT2D eigenvalue weighted by Crippen LogP contribution is 2.37. The lowest BCUT2D eigenvalue weighted by molar-refractivity contribution is 0.100. The molecule has 0 atom stereocenters. The van der Waals surface area contributed by atoms with E-state index in [2.05, 4.69) is 0 Å². The number of nitrogens with one attached hydrogen (secondary N) is 1. The SMILES string of the molecule is CSc1sc(C(=N)N)cc1S(=O)(=O)c1cccc(-c2cccc(C(N)=O)c2)c1. The number of primary amides is 1. The number of sulfone groups is 1. The van der Waals surface area contributed by atoms with E-state index in [0.717, 1.165) is 0 Å². The second-order valence-corrected chi connectivity index (χ2v) is 9.90. The van der Waals surface area contributed by atoms with Crippen LogP contribution < -0.4 is 11.5 Å². The number of amides is 1. The number of benzene rings is 2. The Labute approximate surface area is 171 Å². The van der Waals surface area contributed by atoms with Gasteiger partial charge in [-0.25, -0.2) is 8.42 Å². The summed E-state index contributed by atoms with van der Waals surface area (Å²) in [7, 11) is -3.81. The van der Waals surface area contributed by atoms with E-state index in [-0.39, 0.29) is 15.6 Å². The fraction of sp³-hybridized carbons (Fsp3) is 0.0526. The number of carbonyl (C=O) groups excluding carboxylic acids is 1. The maximum absolute atomic E-state index is 13.2. The number of nitrogens with two attached hydrogens (primary N) is 2. The smallest absolute Gasteiger partial charge is 0.248 e. The molecule has 0 aliphatic rings. The fourth-order valence-corrected chi connectivity index (χ4v) is 6.54. The maximum Gasteiger partial charge on any atom is 0.248 e. The summed E-state index contributed by atoms with van der Waals surface area (Å²) in [5.41, 5.74) is 12.5. The van der Waals surface area contributed by atoms with Crippen molar-refractivity contribution in [3.8, 4) is 11.1 Å². The molecule has 0 unspecified atom stereocenters. The molecule has 1 aromatic heterocycles. The molecule has 0 aliphatic carbocycles. The molecule has 0 aliphatic heterocycles. The Hall–Kier alpha value is -2.62. The van der Waals surface area contributed by atoms with Crippen molar-refractivity contribution in [2.45, 2.75) is 14.0 Å². The monoisotopic (exact) mass is 431 g/mol. The van der Waals surface area contributed by atoms with Crippen LogP contribution >= 0.6 is 23.1 Å². The van der Waals surface area contributed by atoms with Crippen molar-refractivity contribution in [2.75, 3.05) is 6.26 Å². The minimum Gasteiger partial charge on any atom is -0.383 e. The molecule has 2 aromatic carbocycles. The minimum atomic E-state index is -3.81. The third-order valence-corrected chi connectivity index (χ3v) is 8.37. The van der Waals surface area contributed by atoms with Crippen LogP contribution in [0.4, 0.5) is 0 Å². The van der Waals surface area contributed by atoms with Gasteiger partial charge in [0.1, 0.15) is 5.84 Å². The van der Waals surface area contributed by atoms with Crippen molar-refractivity contribution < 1.29 is 13.2 Å². The zero-order valence-electron chi connectivity index (χ0n) is 14.8. The van der Waals surface area contributed by atoms with Gasteiger partial charge in [0.05, 0.1) is 18.9 Å². The van der Waals surface area contributed by atoms with Crippen LogP contribution in [-0.4, -0.2) is 26.4 Å². The lowest BCUT2D eigenvalue weighted by Crippen LogP contribution is -2.10. The second-order valence-electron chi connectivity index (χ2n) is 5.86. The summed E-state index contributed by atoms with van der Waals surface area (Å²) in [6.07, 6.45) is 1.78. The van der Waals surface area contributed by atoms with Gasteiger partial charge in [-0.15, -0.1) is 23.1 Å². The van der Waals surface area contributed by atoms with Gasteiger partial charge in [-0.3, -0.25) is 10.2 Å². The van der Waals surface area contributed by atoms with Gasteiger partial charge in [0.15, 0.2) is 0 Å². The molecule has 0 radical (unpaired) electrons. The number of rotatable bonds is 6. The Bertz CT molecular complexity index is 1180. The maximum atomic E-state index is 13.2. The molecule has 5 N–H and O–H groups in total. The largest absolute Gasteiger partial charge is 0.383 e. The van der Waals surface area contributed by atoms with Gasteiger partial charge in [-0.2, -0.15) is 0 Å². The molecule has 144 valence electrons. The minimum absolute atomic E-state index is 0.123. The molecule has 3 rings (SSSR count). The fourth-order valence-electron chi connectivity index (χ4n) is 2.64. The second kappa shape index (κ2) is 7.78. The van der Waals surface area contributed by atoms with Crippen molar-refractivity contribution in [2.24, 2.45) is 11.5 Å². The molecule has 0 saturated carbocycles. The van der Waals surface area contributed by atoms with Crippen LogP contribution in [0.3, 0.4) is 0 Å². The first-order valence-corrected chi connectivity index (χ1v) is 11.5. The topological polar surface area (TPSA) is 127 Å². The zero-order valence-corrected chi connectivity index (χ0v) is 17.2. The number of thioether (sulfide) groups is 1. The summed E-state index contributed by atoms with van der Waals surface area (Å²) < 4.78 is 27.0. The molecule has 1 amide bonds. The van der Waals surface area contributed by atoms with Crippen LogP contribution in [0, 0.1) is 5.41 Å². The van der Waals surface area contributed by atoms with Crippen LogP contribution in [-0.2, 0) is 9.84 Å². The first kappa shape index (κ1) is 20.1. The van der Waals surface area contributed by atoms with Gasteiger partial charge in [0, 0.05) is 5.56 Å². The van der Waals surface area contributed by atoms with Gasteiger partial charge in [-0.05, 0) is 47.7 Å². The highest BCUT2D eigenvalue weighted by atomic mass is 32.2. The van der Waals surface area contributed by atoms with E-state index < -0.39 is 15.7 Å². The van der Waals surface area contributed by atoms with E-state index >= 15 is 0 Å². The number of nitrogen functional groups attached to an aromatic ring is 1. The Morgan fingerprint density at radius 2 is 1.68 bits per heavy atom. The van der Waals surface area contributed by atoms with Crippen LogP contribution in [0.5, 0.6) is 0 Å². The van der Waals surface area contributed by atoms with Crippen molar-refractivity contribution in [3.63, 3.8) is 0 Å². The average molecular weight is 432 g/mol. The summed E-state index contributed by atoms with van der Waals surface area (Å²) in [6, 6.07) is 14.6. The van der Waals surface area contributed by atoms with Crippen molar-refractivity contribution in [1.82, 2.24) is 0 Å². The van der Waals surface area contributed by atoms with Crippen LogP contribution in [0.1, 0.15) is 15.2 Å².